The fraction of sp³-hybridized carbons (Fsp3) is 0.467. The standard InChI is InChI=1S/C15H21N3O2/c1-15(2,3)20-14(19)18-10-6-9-17-13-8-5-4-7-12(13)11-16/h4-5,7-8,17H,6,9-10H2,1-3H3,(H,18,19). The SMILES string of the molecule is CC(C)(C)OC(=O)NCCCNc1ccccc1C#N. The molecule has 20 heavy (non-hydrogen) atoms. The van der Waals surface area contributed by atoms with Crippen LogP contribution < -0.4 is 10.6 Å². The number of amides is 1. The van der Waals surface area contributed by atoms with Crippen LogP contribution in [-0.4, -0.2) is 24.8 Å². The monoisotopic (exact) mass is 275 g/mol. The Bertz CT molecular complexity index is 487. The van der Waals surface area contributed by atoms with Gasteiger partial charge in [-0.3, -0.25) is 0 Å². The van der Waals surface area contributed by atoms with Gasteiger partial charge in [-0.2, -0.15) is 5.26 Å². The van der Waals surface area contributed by atoms with Crippen LogP contribution in [0.3, 0.4) is 0 Å². The lowest BCUT2D eigenvalue weighted by Crippen LogP contribution is -2.33. The first-order valence-electron chi connectivity index (χ1n) is 6.62. The molecule has 0 atom stereocenters. The summed E-state index contributed by atoms with van der Waals surface area (Å²) in [6.45, 7) is 6.68. The molecule has 5 heteroatoms. The van der Waals surface area contributed by atoms with Crippen molar-refractivity contribution in [3.63, 3.8) is 0 Å². The van der Waals surface area contributed by atoms with Gasteiger partial charge in [0.15, 0.2) is 0 Å². The van der Waals surface area contributed by atoms with Gasteiger partial charge in [0.05, 0.1) is 11.3 Å². The molecule has 1 aromatic carbocycles. The van der Waals surface area contributed by atoms with E-state index in [0.29, 0.717) is 18.7 Å². The highest BCUT2D eigenvalue weighted by Crippen LogP contribution is 2.13. The van der Waals surface area contributed by atoms with E-state index in [1.165, 1.54) is 0 Å². The molecule has 108 valence electrons. The van der Waals surface area contributed by atoms with E-state index in [1.807, 2.05) is 39.0 Å². The smallest absolute Gasteiger partial charge is 0.407 e. The Kier molecular flexibility index (Phi) is 5.85. The highest BCUT2D eigenvalue weighted by atomic mass is 16.6. The number of carbonyl (C=O) groups excluding carboxylic acids is 1. The third-order valence-electron chi connectivity index (χ3n) is 2.38. The number of hydrogen-bond acceptors (Lipinski definition) is 4. The van der Waals surface area contributed by atoms with Crippen molar-refractivity contribution in [1.29, 1.82) is 5.26 Å². The second-order valence-corrected chi connectivity index (χ2v) is 5.37. The molecular weight excluding hydrogens is 254 g/mol. The van der Waals surface area contributed by atoms with Crippen LogP contribution in [0.5, 0.6) is 0 Å². The number of para-hydroxylation sites is 1. The largest absolute Gasteiger partial charge is 0.444 e. The maximum absolute atomic E-state index is 11.4. The van der Waals surface area contributed by atoms with Crippen molar-refractivity contribution < 1.29 is 9.53 Å². The molecule has 0 fully saturated rings. The minimum Gasteiger partial charge on any atom is -0.444 e. The molecule has 5 nitrogen and oxygen atoms in total. The average Bonchev–Trinajstić information content (AvgIpc) is 2.36. The highest BCUT2D eigenvalue weighted by Gasteiger charge is 2.15. The lowest BCUT2D eigenvalue weighted by Gasteiger charge is -2.19. The zero-order valence-electron chi connectivity index (χ0n) is 12.2. The second kappa shape index (κ2) is 7.39. The van der Waals surface area contributed by atoms with E-state index < -0.39 is 11.7 Å². The molecule has 0 aliphatic carbocycles. The molecule has 0 aliphatic rings. The number of alkyl carbamates (subject to hydrolysis) is 1. The number of benzene rings is 1. The van der Waals surface area contributed by atoms with Gasteiger partial charge in [-0.25, -0.2) is 4.79 Å². The summed E-state index contributed by atoms with van der Waals surface area (Å²) in [5.74, 6) is 0. The van der Waals surface area contributed by atoms with Crippen LogP contribution in [0, 0.1) is 11.3 Å². The number of nitrogens with one attached hydrogen (secondary N) is 2. The minimum absolute atomic E-state index is 0.407. The zero-order chi connectivity index (χ0) is 15.0. The van der Waals surface area contributed by atoms with Crippen LogP contribution in [0.15, 0.2) is 24.3 Å². The van der Waals surface area contributed by atoms with E-state index in [2.05, 4.69) is 16.7 Å². The molecule has 0 saturated carbocycles. The fourth-order valence-electron chi connectivity index (χ4n) is 1.55. The van der Waals surface area contributed by atoms with Crippen molar-refractivity contribution in [2.75, 3.05) is 18.4 Å². The van der Waals surface area contributed by atoms with Crippen molar-refractivity contribution in [3.05, 3.63) is 29.8 Å². The van der Waals surface area contributed by atoms with E-state index >= 15 is 0 Å². The molecule has 1 amide bonds. The molecule has 0 heterocycles. The highest BCUT2D eigenvalue weighted by molar-refractivity contribution is 5.67. The maximum Gasteiger partial charge on any atom is 0.407 e. The third-order valence-corrected chi connectivity index (χ3v) is 2.38. The van der Waals surface area contributed by atoms with Gasteiger partial charge in [0, 0.05) is 13.1 Å². The van der Waals surface area contributed by atoms with Crippen molar-refractivity contribution in [2.45, 2.75) is 32.8 Å². The Labute approximate surface area is 119 Å². The Morgan fingerprint density at radius 1 is 1.30 bits per heavy atom. The summed E-state index contributed by atoms with van der Waals surface area (Å²) in [6, 6.07) is 9.46. The minimum atomic E-state index is -0.478. The van der Waals surface area contributed by atoms with Crippen LogP contribution in [-0.2, 0) is 4.74 Å². The summed E-state index contributed by atoms with van der Waals surface area (Å²) in [4.78, 5) is 11.4. The van der Waals surface area contributed by atoms with Crippen LogP contribution >= 0.6 is 0 Å². The van der Waals surface area contributed by atoms with E-state index in [4.69, 9.17) is 10.00 Å². The van der Waals surface area contributed by atoms with Gasteiger partial charge in [-0.15, -0.1) is 0 Å². The van der Waals surface area contributed by atoms with Crippen LogP contribution in [0.25, 0.3) is 0 Å². The predicted octanol–water partition coefficient (Wildman–Crippen LogP) is 2.88. The molecule has 0 aliphatic heterocycles. The Morgan fingerprint density at radius 3 is 2.65 bits per heavy atom. The van der Waals surface area contributed by atoms with Gasteiger partial charge in [0.1, 0.15) is 11.7 Å². The summed E-state index contributed by atoms with van der Waals surface area (Å²) in [6.07, 6.45) is 0.342. The molecule has 0 aromatic heterocycles. The predicted molar refractivity (Wildman–Crippen MR) is 78.5 cm³/mol. The summed E-state index contributed by atoms with van der Waals surface area (Å²) >= 11 is 0. The lowest BCUT2D eigenvalue weighted by atomic mass is 10.2. The number of ether oxygens (including phenoxy) is 1. The van der Waals surface area contributed by atoms with E-state index in [-0.39, 0.29) is 0 Å². The van der Waals surface area contributed by atoms with E-state index in [9.17, 15) is 4.79 Å². The third kappa shape index (κ3) is 6.10. The summed E-state index contributed by atoms with van der Waals surface area (Å²) in [5.41, 5.74) is 0.952. The van der Waals surface area contributed by atoms with Crippen LogP contribution in [0.1, 0.15) is 32.8 Å². The number of nitrogens with zero attached hydrogens (tertiary/aromatic N) is 1. The first kappa shape index (κ1) is 15.8. The number of anilines is 1. The Hall–Kier alpha value is -2.22. The number of rotatable bonds is 5. The number of carbonyl (C=O) groups is 1. The van der Waals surface area contributed by atoms with Crippen LogP contribution in [0.2, 0.25) is 0 Å². The molecule has 0 spiro atoms. The molecule has 0 unspecified atom stereocenters. The van der Waals surface area contributed by atoms with E-state index in [0.717, 1.165) is 12.1 Å². The lowest BCUT2D eigenvalue weighted by molar-refractivity contribution is 0.0528. The van der Waals surface area contributed by atoms with Crippen molar-refractivity contribution in [1.82, 2.24) is 5.32 Å². The first-order chi connectivity index (χ1) is 9.42. The summed E-state index contributed by atoms with van der Waals surface area (Å²) in [7, 11) is 0. The van der Waals surface area contributed by atoms with Gasteiger partial charge in [-0.1, -0.05) is 12.1 Å². The zero-order valence-corrected chi connectivity index (χ0v) is 12.2. The quantitative estimate of drug-likeness (QED) is 0.810. The van der Waals surface area contributed by atoms with Crippen molar-refractivity contribution >= 4 is 11.8 Å². The number of nitriles is 1. The second-order valence-electron chi connectivity index (χ2n) is 5.37. The molecule has 1 aromatic rings. The van der Waals surface area contributed by atoms with Gasteiger partial charge in [0.2, 0.25) is 0 Å². The summed E-state index contributed by atoms with van der Waals surface area (Å²) in [5, 5.41) is 14.8. The normalized spacial score (nSPS) is 10.5. The van der Waals surface area contributed by atoms with Gasteiger partial charge in [-0.05, 0) is 39.3 Å². The molecule has 0 saturated heterocycles. The maximum atomic E-state index is 11.4. The van der Waals surface area contributed by atoms with Gasteiger partial charge < -0.3 is 15.4 Å². The fourth-order valence-corrected chi connectivity index (χ4v) is 1.55. The molecule has 0 radical (unpaired) electrons. The van der Waals surface area contributed by atoms with Gasteiger partial charge in [0.25, 0.3) is 0 Å². The first-order valence-corrected chi connectivity index (χ1v) is 6.62. The summed E-state index contributed by atoms with van der Waals surface area (Å²) < 4.78 is 5.13. The molecule has 1 rings (SSSR count). The Balaban J connectivity index is 2.23. The average molecular weight is 275 g/mol. The number of hydrogen-bond donors (Lipinski definition) is 2. The van der Waals surface area contributed by atoms with Crippen molar-refractivity contribution in [3.8, 4) is 6.07 Å². The van der Waals surface area contributed by atoms with Crippen LogP contribution in [0.4, 0.5) is 10.5 Å². The van der Waals surface area contributed by atoms with Gasteiger partial charge >= 0.3 is 6.09 Å². The van der Waals surface area contributed by atoms with Crippen molar-refractivity contribution in [2.24, 2.45) is 0 Å². The molecule has 0 bridgehead atoms. The molecular formula is C15H21N3O2. The topological polar surface area (TPSA) is 74.2 Å². The Morgan fingerprint density at radius 2 is 2.00 bits per heavy atom. The van der Waals surface area contributed by atoms with E-state index in [1.54, 1.807) is 6.07 Å². The molecule has 2 N–H and O–H groups in total.